The summed E-state index contributed by atoms with van der Waals surface area (Å²) in [6, 6.07) is 2.09. The summed E-state index contributed by atoms with van der Waals surface area (Å²) in [5, 5.41) is 8.80. The Balaban J connectivity index is 2.13. The third kappa shape index (κ3) is 3.07. The van der Waals surface area contributed by atoms with Crippen LogP contribution in [0.2, 0.25) is 0 Å². The van der Waals surface area contributed by atoms with Gasteiger partial charge in [-0.1, -0.05) is 26.5 Å². The van der Waals surface area contributed by atoms with Crippen molar-refractivity contribution in [3.05, 3.63) is 48.6 Å². The van der Waals surface area contributed by atoms with Gasteiger partial charge in [0.1, 0.15) is 0 Å². The lowest BCUT2D eigenvalue weighted by atomic mass is 10.1. The van der Waals surface area contributed by atoms with Gasteiger partial charge < -0.3 is 0 Å². The molecule has 0 saturated carbocycles. The maximum Gasteiger partial charge on any atom is 0.0879 e. The molecule has 0 spiro atoms. The smallest absolute Gasteiger partial charge is 0.0879 e. The summed E-state index contributed by atoms with van der Waals surface area (Å²) in [4.78, 5) is 0. The second-order valence-corrected chi connectivity index (χ2v) is 5.19. The van der Waals surface area contributed by atoms with E-state index in [1.807, 2.05) is 24.1 Å². The van der Waals surface area contributed by atoms with E-state index in [1.54, 1.807) is 4.68 Å². The van der Waals surface area contributed by atoms with Gasteiger partial charge in [-0.05, 0) is 30.6 Å². The van der Waals surface area contributed by atoms with E-state index in [2.05, 4.69) is 43.3 Å². The molecule has 0 unspecified atom stereocenters. The van der Waals surface area contributed by atoms with Gasteiger partial charge in [-0.3, -0.25) is 9.36 Å². The van der Waals surface area contributed by atoms with Gasteiger partial charge in [-0.2, -0.15) is 10.2 Å². The monoisotopic (exact) mass is 270 g/mol. The first kappa shape index (κ1) is 14.3. The molecule has 4 nitrogen and oxygen atoms in total. The minimum atomic E-state index is 0.678. The van der Waals surface area contributed by atoms with Crippen LogP contribution in [-0.4, -0.2) is 19.6 Å². The number of hydrogen-bond donors (Lipinski definition) is 0. The summed E-state index contributed by atoms with van der Waals surface area (Å²) in [5.74, 6) is 0. The first-order valence-corrected chi connectivity index (χ1v) is 6.90. The molecule has 2 heterocycles. The molecule has 106 valence electrons. The zero-order valence-corrected chi connectivity index (χ0v) is 12.6. The van der Waals surface area contributed by atoms with Crippen molar-refractivity contribution in [3.63, 3.8) is 0 Å². The Labute approximate surface area is 120 Å². The average Bonchev–Trinajstić information content (AvgIpc) is 2.97. The lowest BCUT2D eigenvalue weighted by molar-refractivity contribution is 0.685. The van der Waals surface area contributed by atoms with Gasteiger partial charge in [0.25, 0.3) is 0 Å². The third-order valence-electron chi connectivity index (χ3n) is 3.35. The van der Waals surface area contributed by atoms with Gasteiger partial charge >= 0.3 is 0 Å². The number of allylic oxidation sites excluding steroid dienone is 2. The molecule has 0 fully saturated rings. The molecule has 0 bridgehead atoms. The Morgan fingerprint density at radius 2 is 2.05 bits per heavy atom. The Morgan fingerprint density at radius 3 is 2.65 bits per heavy atom. The summed E-state index contributed by atoms with van der Waals surface area (Å²) >= 11 is 0. The zero-order valence-electron chi connectivity index (χ0n) is 12.6. The zero-order chi connectivity index (χ0) is 14.7. The van der Waals surface area contributed by atoms with E-state index in [4.69, 9.17) is 0 Å². The van der Waals surface area contributed by atoms with Crippen LogP contribution in [0.1, 0.15) is 36.7 Å². The van der Waals surface area contributed by atoms with Crippen molar-refractivity contribution in [1.29, 1.82) is 0 Å². The van der Waals surface area contributed by atoms with Crippen molar-refractivity contribution in [1.82, 2.24) is 19.6 Å². The van der Waals surface area contributed by atoms with E-state index in [9.17, 15) is 0 Å². The fourth-order valence-electron chi connectivity index (χ4n) is 2.15. The minimum absolute atomic E-state index is 0.678. The SMILES string of the molecule is C=C(Cn1nc(C(=C)CCC)cc1C)c1cnn(C)c1. The maximum atomic E-state index is 4.63. The van der Waals surface area contributed by atoms with Crippen molar-refractivity contribution in [2.75, 3.05) is 0 Å². The van der Waals surface area contributed by atoms with Crippen LogP contribution >= 0.6 is 0 Å². The lowest BCUT2D eigenvalue weighted by Gasteiger charge is -2.06. The number of aryl methyl sites for hydroxylation is 2. The first-order chi connectivity index (χ1) is 9.51. The summed E-state index contributed by atoms with van der Waals surface area (Å²) in [6.45, 7) is 13.1. The van der Waals surface area contributed by atoms with E-state index in [0.29, 0.717) is 6.54 Å². The van der Waals surface area contributed by atoms with Gasteiger partial charge in [0, 0.05) is 24.5 Å². The van der Waals surface area contributed by atoms with Crippen LogP contribution in [-0.2, 0) is 13.6 Å². The molecule has 0 atom stereocenters. The van der Waals surface area contributed by atoms with Crippen LogP contribution in [0.4, 0.5) is 0 Å². The van der Waals surface area contributed by atoms with Crippen LogP contribution in [0, 0.1) is 6.92 Å². The summed E-state index contributed by atoms with van der Waals surface area (Å²) in [5.41, 5.74) is 5.28. The molecule has 2 rings (SSSR count). The molecular weight excluding hydrogens is 248 g/mol. The van der Waals surface area contributed by atoms with Gasteiger partial charge in [0.2, 0.25) is 0 Å². The predicted molar refractivity (Wildman–Crippen MR) is 83.1 cm³/mol. The fraction of sp³-hybridized carbons (Fsp3) is 0.375. The van der Waals surface area contributed by atoms with Gasteiger partial charge in [0.05, 0.1) is 18.4 Å². The number of hydrogen-bond acceptors (Lipinski definition) is 2. The van der Waals surface area contributed by atoms with Crippen molar-refractivity contribution in [2.45, 2.75) is 33.2 Å². The standard InChI is InChI=1S/C16H22N4/c1-6-7-12(2)16-8-14(4)20(18-16)10-13(3)15-9-17-19(5)11-15/h8-9,11H,2-3,6-7,10H2,1,4-5H3. The highest BCUT2D eigenvalue weighted by molar-refractivity contribution is 5.63. The molecule has 0 amide bonds. The third-order valence-corrected chi connectivity index (χ3v) is 3.35. The Kier molecular flexibility index (Phi) is 4.23. The molecular formula is C16H22N4. The van der Waals surface area contributed by atoms with Gasteiger partial charge in [-0.25, -0.2) is 0 Å². The predicted octanol–water partition coefficient (Wildman–Crippen LogP) is 3.45. The van der Waals surface area contributed by atoms with Crippen molar-refractivity contribution in [2.24, 2.45) is 7.05 Å². The molecule has 4 heteroatoms. The maximum absolute atomic E-state index is 4.63. The molecule has 0 radical (unpaired) electrons. The quantitative estimate of drug-likeness (QED) is 0.806. The van der Waals surface area contributed by atoms with Crippen LogP contribution in [0.3, 0.4) is 0 Å². The van der Waals surface area contributed by atoms with E-state index >= 15 is 0 Å². The summed E-state index contributed by atoms with van der Waals surface area (Å²) < 4.78 is 3.76. The molecule has 2 aromatic rings. The van der Waals surface area contributed by atoms with Crippen molar-refractivity contribution >= 4 is 11.1 Å². The number of rotatable bonds is 6. The largest absolute Gasteiger partial charge is 0.275 e. The van der Waals surface area contributed by atoms with E-state index in [-0.39, 0.29) is 0 Å². The molecule has 0 aliphatic heterocycles. The van der Waals surface area contributed by atoms with Crippen molar-refractivity contribution in [3.8, 4) is 0 Å². The van der Waals surface area contributed by atoms with Crippen LogP contribution in [0.25, 0.3) is 11.1 Å². The van der Waals surface area contributed by atoms with Gasteiger partial charge in [0.15, 0.2) is 0 Å². The topological polar surface area (TPSA) is 35.6 Å². The average molecular weight is 270 g/mol. The fourth-order valence-corrected chi connectivity index (χ4v) is 2.15. The molecule has 2 aromatic heterocycles. The molecule has 0 N–H and O–H groups in total. The Hall–Kier alpha value is -2.10. The molecule has 0 aliphatic rings. The summed E-state index contributed by atoms with van der Waals surface area (Å²) in [6.07, 6.45) is 5.88. The molecule has 20 heavy (non-hydrogen) atoms. The highest BCUT2D eigenvalue weighted by Gasteiger charge is 2.09. The second kappa shape index (κ2) is 5.90. The van der Waals surface area contributed by atoms with Crippen LogP contribution < -0.4 is 0 Å². The molecule has 0 aromatic carbocycles. The van der Waals surface area contributed by atoms with E-state index in [0.717, 1.165) is 40.9 Å². The minimum Gasteiger partial charge on any atom is -0.275 e. The number of aromatic nitrogens is 4. The second-order valence-electron chi connectivity index (χ2n) is 5.19. The highest BCUT2D eigenvalue weighted by Crippen LogP contribution is 2.20. The lowest BCUT2D eigenvalue weighted by Crippen LogP contribution is -2.04. The molecule has 0 aliphatic carbocycles. The number of nitrogens with zero attached hydrogens (tertiary/aromatic N) is 4. The Bertz CT molecular complexity index is 631. The molecule has 0 saturated heterocycles. The van der Waals surface area contributed by atoms with Crippen LogP contribution in [0.5, 0.6) is 0 Å². The van der Waals surface area contributed by atoms with Gasteiger partial charge in [-0.15, -0.1) is 0 Å². The highest BCUT2D eigenvalue weighted by atomic mass is 15.3. The van der Waals surface area contributed by atoms with E-state index in [1.165, 1.54) is 0 Å². The van der Waals surface area contributed by atoms with Crippen LogP contribution in [0.15, 0.2) is 31.6 Å². The van der Waals surface area contributed by atoms with E-state index < -0.39 is 0 Å². The summed E-state index contributed by atoms with van der Waals surface area (Å²) in [7, 11) is 1.91. The first-order valence-electron chi connectivity index (χ1n) is 6.90. The normalized spacial score (nSPS) is 10.8. The van der Waals surface area contributed by atoms with Crippen molar-refractivity contribution < 1.29 is 0 Å². The Morgan fingerprint density at radius 1 is 1.30 bits per heavy atom.